The van der Waals surface area contributed by atoms with Crippen LogP contribution in [0.3, 0.4) is 0 Å². The number of hydrogen-bond acceptors (Lipinski definition) is 11. The van der Waals surface area contributed by atoms with E-state index in [9.17, 15) is 9.50 Å². The quantitative estimate of drug-likeness (QED) is 0.273. The summed E-state index contributed by atoms with van der Waals surface area (Å²) in [4.78, 5) is 22.9. The molecular weight excluding hydrogens is 658 g/mol. The van der Waals surface area contributed by atoms with Crippen molar-refractivity contribution in [3.63, 3.8) is 0 Å². The lowest BCUT2D eigenvalue weighted by Gasteiger charge is -2.55. The smallest absolute Gasteiger partial charge is 0.319 e. The Balaban J connectivity index is 1.16. The molecule has 49 heavy (non-hydrogen) atoms. The van der Waals surface area contributed by atoms with Gasteiger partial charge in [-0.2, -0.15) is 15.1 Å². The summed E-state index contributed by atoms with van der Waals surface area (Å²) >= 11 is 6.88. The highest BCUT2D eigenvalue weighted by molar-refractivity contribution is 6.33. The van der Waals surface area contributed by atoms with E-state index in [0.717, 1.165) is 19.4 Å². The number of aliphatic hydroxyl groups is 1. The maximum absolute atomic E-state index is 17.2. The summed E-state index contributed by atoms with van der Waals surface area (Å²) < 4.78 is 50.5. The van der Waals surface area contributed by atoms with Crippen molar-refractivity contribution in [3.05, 3.63) is 52.7 Å². The van der Waals surface area contributed by atoms with Crippen LogP contribution in [-0.4, -0.2) is 96.8 Å². The third-order valence-corrected chi connectivity index (χ3v) is 11.6. The first-order valence-corrected chi connectivity index (χ1v) is 17.2. The molecule has 3 saturated heterocycles. The number of aromatic nitrogens is 6. The molecule has 9 bridgehead atoms. The number of hydrogen-bond donors (Lipinski definition) is 2. The Labute approximate surface area is 283 Å². The van der Waals surface area contributed by atoms with Gasteiger partial charge in [0.2, 0.25) is 5.89 Å². The van der Waals surface area contributed by atoms with Crippen molar-refractivity contribution < 1.29 is 27.8 Å². The van der Waals surface area contributed by atoms with Crippen molar-refractivity contribution in [1.82, 2.24) is 35.0 Å². The van der Waals surface area contributed by atoms with Gasteiger partial charge in [-0.3, -0.25) is 15.0 Å². The maximum atomic E-state index is 17.2. The topological polar surface area (TPSA) is 139 Å². The van der Waals surface area contributed by atoms with Crippen LogP contribution < -0.4 is 9.64 Å². The fourth-order valence-electron chi connectivity index (χ4n) is 9.06. The Morgan fingerprint density at radius 1 is 1.12 bits per heavy atom. The number of rotatable bonds is 3. The molecule has 1 spiro atoms. The summed E-state index contributed by atoms with van der Waals surface area (Å²) in [5, 5.41) is 20.2. The normalized spacial score (nSPS) is 29.4. The standard InChI is InChI=1S/C34H33ClF2N8O4/c35-23-8-24-21(12-40-43-24)25-20(23)3-2-19-10-39-30(49-19)34(46)14-33(15-34)16-44(6-7-48-33)29-22-11-38-28(25)26(37)27(22)41-31(42-29)47-17-32-4-1-5-45(32)13-18(36)9-32/h8,10-12,18,46H,1-7,9,13-17H2,(H,40,43)/t18-,32+,33?,34?/m1/s1. The van der Waals surface area contributed by atoms with Crippen molar-refractivity contribution in [1.29, 1.82) is 0 Å². The van der Waals surface area contributed by atoms with Crippen LogP contribution >= 0.6 is 11.6 Å². The van der Waals surface area contributed by atoms with Crippen molar-refractivity contribution >= 4 is 39.2 Å². The molecule has 12 rings (SSSR count). The minimum absolute atomic E-state index is 0.0115. The molecule has 4 aromatic heterocycles. The van der Waals surface area contributed by atoms with Gasteiger partial charge in [0.05, 0.1) is 41.0 Å². The minimum atomic E-state index is -1.29. The Morgan fingerprint density at radius 2 is 2.02 bits per heavy atom. The molecule has 1 aromatic carbocycles. The maximum Gasteiger partial charge on any atom is 0.319 e. The van der Waals surface area contributed by atoms with Gasteiger partial charge in [0.25, 0.3) is 0 Å². The number of fused-ring (bicyclic) bond motifs is 2. The molecule has 10 heterocycles. The summed E-state index contributed by atoms with van der Waals surface area (Å²) in [7, 11) is 0. The number of aryl methyl sites for hydroxylation is 1. The Hall–Kier alpha value is -3.98. The van der Waals surface area contributed by atoms with Crippen molar-refractivity contribution in [3.8, 4) is 17.3 Å². The first-order chi connectivity index (χ1) is 23.7. The molecule has 6 aliphatic heterocycles. The van der Waals surface area contributed by atoms with E-state index in [1.807, 2.05) is 4.90 Å². The zero-order chi connectivity index (χ0) is 33.1. The second-order valence-electron chi connectivity index (χ2n) is 14.4. The van der Waals surface area contributed by atoms with Crippen LogP contribution in [0.5, 0.6) is 6.01 Å². The van der Waals surface area contributed by atoms with Crippen LogP contribution in [-0.2, 0) is 23.2 Å². The second-order valence-corrected chi connectivity index (χ2v) is 14.8. The zero-order valence-corrected chi connectivity index (χ0v) is 27.3. The van der Waals surface area contributed by atoms with Gasteiger partial charge in [-0.15, -0.1) is 0 Å². The van der Waals surface area contributed by atoms with Gasteiger partial charge < -0.3 is 23.9 Å². The SMILES string of the molecule is OC12CC3(CN(CCO3)c3nc(OC[C@@]45CCCN4C[C@H](F)C5)nc4c(F)c(ncc34)-c3c(c(Cl)cc4[nH]ncc34)CCc3cnc1o3)C2. The number of ether oxygens (including phenoxy) is 2. The molecule has 0 unspecified atom stereocenters. The van der Waals surface area contributed by atoms with Crippen LogP contribution in [0.15, 0.2) is 29.1 Å². The summed E-state index contributed by atoms with van der Waals surface area (Å²) in [5.41, 5.74) is -0.513. The fourth-order valence-corrected chi connectivity index (χ4v) is 9.35. The Morgan fingerprint density at radius 3 is 2.92 bits per heavy atom. The lowest BCUT2D eigenvalue weighted by atomic mass is 9.66. The molecule has 2 atom stereocenters. The molecule has 0 radical (unpaired) electrons. The average Bonchev–Trinajstić information content (AvgIpc) is 3.86. The molecule has 1 saturated carbocycles. The van der Waals surface area contributed by atoms with Gasteiger partial charge in [0, 0.05) is 67.5 Å². The van der Waals surface area contributed by atoms with Gasteiger partial charge in [-0.25, -0.2) is 13.8 Å². The number of H-pyrrole nitrogens is 1. The summed E-state index contributed by atoms with van der Waals surface area (Å²) in [5.74, 6) is 0.625. The number of halogens is 3. The van der Waals surface area contributed by atoms with E-state index < -0.39 is 28.7 Å². The zero-order valence-electron chi connectivity index (χ0n) is 26.5. The minimum Gasteiger partial charge on any atom is -0.461 e. The Kier molecular flexibility index (Phi) is 6.42. The van der Waals surface area contributed by atoms with Crippen LogP contribution in [0, 0.1) is 5.82 Å². The van der Waals surface area contributed by atoms with E-state index in [4.69, 9.17) is 35.5 Å². The van der Waals surface area contributed by atoms with Crippen LogP contribution in [0.1, 0.15) is 49.3 Å². The lowest BCUT2D eigenvalue weighted by molar-refractivity contribution is -0.223. The molecule has 4 fully saturated rings. The molecule has 254 valence electrons. The molecule has 0 amide bonds. The monoisotopic (exact) mass is 690 g/mol. The molecular formula is C34H33ClF2N8O4. The van der Waals surface area contributed by atoms with Gasteiger partial charge >= 0.3 is 6.01 Å². The number of morpholine rings is 1. The van der Waals surface area contributed by atoms with E-state index in [2.05, 4.69) is 25.1 Å². The van der Waals surface area contributed by atoms with Gasteiger partial charge in [-0.1, -0.05) is 11.6 Å². The molecule has 5 aromatic rings. The van der Waals surface area contributed by atoms with Gasteiger partial charge in [0.15, 0.2) is 5.82 Å². The number of alkyl halides is 1. The van der Waals surface area contributed by atoms with Gasteiger partial charge in [0.1, 0.15) is 41.2 Å². The third kappa shape index (κ3) is 4.53. The third-order valence-electron chi connectivity index (χ3n) is 11.3. The number of benzene rings is 1. The Bertz CT molecular complexity index is 2150. The van der Waals surface area contributed by atoms with E-state index in [1.54, 1.807) is 24.7 Å². The molecule has 2 N–H and O–H groups in total. The highest BCUT2D eigenvalue weighted by atomic mass is 35.5. The van der Waals surface area contributed by atoms with Crippen LogP contribution in [0.4, 0.5) is 14.6 Å². The summed E-state index contributed by atoms with van der Waals surface area (Å²) in [6, 6.07) is 1.78. The number of aromatic amines is 1. The number of oxazole rings is 1. The predicted octanol–water partition coefficient (Wildman–Crippen LogP) is 4.66. The lowest BCUT2D eigenvalue weighted by Crippen LogP contribution is -2.64. The van der Waals surface area contributed by atoms with Crippen molar-refractivity contribution in [2.24, 2.45) is 0 Å². The first kappa shape index (κ1) is 29.9. The number of nitrogens with one attached hydrogen (secondary N) is 1. The first-order valence-electron chi connectivity index (χ1n) is 16.8. The second kappa shape index (κ2) is 10.5. The van der Waals surface area contributed by atoms with E-state index in [0.29, 0.717) is 89.5 Å². The number of pyridine rings is 1. The number of anilines is 1. The predicted molar refractivity (Wildman–Crippen MR) is 174 cm³/mol. The summed E-state index contributed by atoms with van der Waals surface area (Å²) in [6.45, 7) is 2.62. The fraction of sp³-hybridized carbons (Fsp3) is 0.500. The highest BCUT2D eigenvalue weighted by Gasteiger charge is 2.60. The number of nitrogens with zero attached hydrogens (tertiary/aromatic N) is 7. The van der Waals surface area contributed by atoms with Crippen molar-refractivity contribution in [2.75, 3.05) is 44.3 Å². The highest BCUT2D eigenvalue weighted by Crippen LogP contribution is 2.52. The van der Waals surface area contributed by atoms with Crippen LogP contribution in [0.2, 0.25) is 5.02 Å². The average molecular weight is 691 g/mol. The molecule has 12 nitrogen and oxygen atoms in total. The van der Waals surface area contributed by atoms with Gasteiger partial charge in [-0.05, 0) is 37.4 Å². The molecule has 15 heteroatoms. The van der Waals surface area contributed by atoms with E-state index in [1.165, 1.54) is 0 Å². The summed E-state index contributed by atoms with van der Waals surface area (Å²) in [6.07, 6.45) is 7.42. The molecule has 1 aliphatic carbocycles. The molecule has 7 aliphatic rings. The van der Waals surface area contributed by atoms with Crippen molar-refractivity contribution in [2.45, 2.75) is 67.9 Å². The van der Waals surface area contributed by atoms with E-state index in [-0.39, 0.29) is 42.6 Å². The van der Waals surface area contributed by atoms with Crippen LogP contribution in [0.25, 0.3) is 33.1 Å². The largest absolute Gasteiger partial charge is 0.461 e. The van der Waals surface area contributed by atoms with E-state index >= 15 is 4.39 Å².